The lowest BCUT2D eigenvalue weighted by molar-refractivity contribution is -0.140. The monoisotopic (exact) mass is 237 g/mol. The van der Waals surface area contributed by atoms with Crippen LogP contribution in [0, 0.1) is 0 Å². The van der Waals surface area contributed by atoms with Crippen LogP contribution < -0.4 is 5.32 Å². The zero-order chi connectivity index (χ0) is 12.7. The quantitative estimate of drug-likeness (QED) is 0.785. The number of anilines is 1. The third-order valence-electron chi connectivity index (χ3n) is 2.06. The molecule has 0 aromatic heterocycles. The molecular weight excluding hydrogens is 222 g/mol. The fourth-order valence-electron chi connectivity index (χ4n) is 1.30. The van der Waals surface area contributed by atoms with Gasteiger partial charge in [0.15, 0.2) is 0 Å². The summed E-state index contributed by atoms with van der Waals surface area (Å²) in [6.45, 7) is 2.08. The standard InChI is InChI=1S/C12H15NO4/c1-3-17-11(14)8-13-10-7-5-4-6-9(10)12(15)16-2/h4-7,13H,3,8H2,1-2H3. The number of benzene rings is 1. The van der Waals surface area contributed by atoms with E-state index in [4.69, 9.17) is 4.74 Å². The summed E-state index contributed by atoms with van der Waals surface area (Å²) in [6.07, 6.45) is 0. The average molecular weight is 237 g/mol. The molecule has 0 bridgehead atoms. The summed E-state index contributed by atoms with van der Waals surface area (Å²) in [5, 5.41) is 2.84. The van der Waals surface area contributed by atoms with E-state index in [1.807, 2.05) is 0 Å². The molecule has 5 heteroatoms. The molecule has 0 saturated heterocycles. The highest BCUT2D eigenvalue weighted by molar-refractivity contribution is 5.96. The van der Waals surface area contributed by atoms with E-state index in [2.05, 4.69) is 10.1 Å². The molecule has 0 amide bonds. The van der Waals surface area contributed by atoms with Gasteiger partial charge >= 0.3 is 11.9 Å². The molecule has 1 aromatic carbocycles. The maximum atomic E-state index is 11.4. The molecule has 0 radical (unpaired) electrons. The van der Waals surface area contributed by atoms with Crippen LogP contribution in [0.15, 0.2) is 24.3 Å². The molecule has 5 nitrogen and oxygen atoms in total. The summed E-state index contributed by atoms with van der Waals surface area (Å²) in [6, 6.07) is 6.81. The number of hydrogen-bond acceptors (Lipinski definition) is 5. The minimum atomic E-state index is -0.447. The fourth-order valence-corrected chi connectivity index (χ4v) is 1.30. The Morgan fingerprint density at radius 1 is 1.29 bits per heavy atom. The van der Waals surface area contributed by atoms with Gasteiger partial charge < -0.3 is 14.8 Å². The second-order valence-corrected chi connectivity index (χ2v) is 3.20. The average Bonchev–Trinajstić information content (AvgIpc) is 2.36. The molecule has 1 aromatic rings. The number of carbonyl (C=O) groups excluding carboxylic acids is 2. The van der Waals surface area contributed by atoms with E-state index >= 15 is 0 Å². The molecule has 0 aliphatic carbocycles. The summed E-state index contributed by atoms with van der Waals surface area (Å²) in [5.41, 5.74) is 0.937. The van der Waals surface area contributed by atoms with Gasteiger partial charge in [-0.3, -0.25) is 4.79 Å². The minimum Gasteiger partial charge on any atom is -0.465 e. The zero-order valence-electron chi connectivity index (χ0n) is 9.86. The maximum absolute atomic E-state index is 11.4. The Bertz CT molecular complexity index is 403. The largest absolute Gasteiger partial charge is 0.465 e. The van der Waals surface area contributed by atoms with Crippen LogP contribution in [0.4, 0.5) is 5.69 Å². The number of ether oxygens (including phenoxy) is 2. The topological polar surface area (TPSA) is 64.6 Å². The van der Waals surface area contributed by atoms with E-state index in [9.17, 15) is 9.59 Å². The first-order valence-electron chi connectivity index (χ1n) is 5.25. The van der Waals surface area contributed by atoms with E-state index in [1.165, 1.54) is 7.11 Å². The first-order valence-corrected chi connectivity index (χ1v) is 5.25. The molecule has 17 heavy (non-hydrogen) atoms. The van der Waals surface area contributed by atoms with Crippen molar-refractivity contribution in [1.29, 1.82) is 0 Å². The fraction of sp³-hybridized carbons (Fsp3) is 0.333. The predicted molar refractivity (Wildman–Crippen MR) is 62.9 cm³/mol. The van der Waals surface area contributed by atoms with E-state index in [-0.39, 0.29) is 12.5 Å². The smallest absolute Gasteiger partial charge is 0.339 e. The Morgan fingerprint density at radius 2 is 2.00 bits per heavy atom. The van der Waals surface area contributed by atoms with Gasteiger partial charge in [-0.05, 0) is 19.1 Å². The van der Waals surface area contributed by atoms with Gasteiger partial charge in [-0.25, -0.2) is 4.79 Å². The van der Waals surface area contributed by atoms with Crippen molar-refractivity contribution < 1.29 is 19.1 Å². The normalized spacial score (nSPS) is 9.53. The summed E-state index contributed by atoms with van der Waals surface area (Å²) < 4.78 is 9.41. The van der Waals surface area contributed by atoms with Crippen molar-refractivity contribution in [2.24, 2.45) is 0 Å². The van der Waals surface area contributed by atoms with Gasteiger partial charge in [-0.15, -0.1) is 0 Å². The molecule has 0 fully saturated rings. The Balaban J connectivity index is 2.70. The van der Waals surface area contributed by atoms with Crippen LogP contribution in [0.2, 0.25) is 0 Å². The van der Waals surface area contributed by atoms with Crippen LogP contribution in [0.1, 0.15) is 17.3 Å². The van der Waals surface area contributed by atoms with Crippen molar-refractivity contribution in [3.05, 3.63) is 29.8 Å². The number of hydrogen-bond donors (Lipinski definition) is 1. The SMILES string of the molecule is CCOC(=O)CNc1ccccc1C(=O)OC. The first kappa shape index (κ1) is 13.0. The zero-order valence-corrected chi connectivity index (χ0v) is 9.86. The lowest BCUT2D eigenvalue weighted by Crippen LogP contribution is -2.18. The van der Waals surface area contributed by atoms with Crippen LogP contribution in [0.5, 0.6) is 0 Å². The van der Waals surface area contributed by atoms with Gasteiger partial charge in [-0.1, -0.05) is 12.1 Å². The number of carbonyl (C=O) groups is 2. The van der Waals surface area contributed by atoms with Crippen LogP contribution in [-0.2, 0) is 14.3 Å². The van der Waals surface area contributed by atoms with Crippen molar-refractivity contribution in [1.82, 2.24) is 0 Å². The Kier molecular flexibility index (Phi) is 5.00. The third kappa shape index (κ3) is 3.79. The molecule has 0 saturated carbocycles. The second kappa shape index (κ2) is 6.52. The molecule has 92 valence electrons. The molecule has 0 unspecified atom stereocenters. The summed E-state index contributed by atoms with van der Waals surface area (Å²) in [5.74, 6) is -0.816. The Morgan fingerprint density at radius 3 is 2.65 bits per heavy atom. The van der Waals surface area contributed by atoms with Gasteiger partial charge in [0, 0.05) is 5.69 Å². The van der Waals surface area contributed by atoms with Gasteiger partial charge in [0.2, 0.25) is 0 Å². The third-order valence-corrected chi connectivity index (χ3v) is 2.06. The van der Waals surface area contributed by atoms with Crippen LogP contribution >= 0.6 is 0 Å². The minimum absolute atomic E-state index is 0.0157. The number of rotatable bonds is 5. The van der Waals surface area contributed by atoms with Gasteiger partial charge in [0.05, 0.1) is 19.3 Å². The van der Waals surface area contributed by atoms with E-state index in [0.29, 0.717) is 17.9 Å². The molecular formula is C12H15NO4. The lowest BCUT2D eigenvalue weighted by Gasteiger charge is -2.09. The van der Waals surface area contributed by atoms with E-state index in [0.717, 1.165) is 0 Å². The van der Waals surface area contributed by atoms with Gasteiger partial charge in [0.25, 0.3) is 0 Å². The van der Waals surface area contributed by atoms with Gasteiger partial charge in [0.1, 0.15) is 6.54 Å². The molecule has 1 N–H and O–H groups in total. The van der Waals surface area contributed by atoms with Crippen molar-refractivity contribution in [2.75, 3.05) is 25.6 Å². The number of esters is 2. The molecule has 0 spiro atoms. The van der Waals surface area contributed by atoms with Crippen LogP contribution in [-0.4, -0.2) is 32.2 Å². The lowest BCUT2D eigenvalue weighted by atomic mass is 10.2. The highest BCUT2D eigenvalue weighted by atomic mass is 16.5. The van der Waals surface area contributed by atoms with Crippen molar-refractivity contribution in [3.63, 3.8) is 0 Å². The molecule has 0 heterocycles. The number of para-hydroxylation sites is 1. The molecule has 0 aliphatic heterocycles. The second-order valence-electron chi connectivity index (χ2n) is 3.20. The van der Waals surface area contributed by atoms with Crippen molar-refractivity contribution in [3.8, 4) is 0 Å². The maximum Gasteiger partial charge on any atom is 0.339 e. The van der Waals surface area contributed by atoms with Crippen LogP contribution in [0.25, 0.3) is 0 Å². The van der Waals surface area contributed by atoms with Gasteiger partial charge in [-0.2, -0.15) is 0 Å². The highest BCUT2D eigenvalue weighted by Crippen LogP contribution is 2.15. The summed E-state index contributed by atoms with van der Waals surface area (Å²) in [7, 11) is 1.31. The predicted octanol–water partition coefficient (Wildman–Crippen LogP) is 1.45. The summed E-state index contributed by atoms with van der Waals surface area (Å²) >= 11 is 0. The Hall–Kier alpha value is -2.04. The van der Waals surface area contributed by atoms with E-state index in [1.54, 1.807) is 31.2 Å². The first-order chi connectivity index (χ1) is 8.19. The molecule has 1 rings (SSSR count). The summed E-state index contributed by atoms with van der Waals surface area (Å²) in [4.78, 5) is 22.6. The Labute approximate surface area is 99.7 Å². The van der Waals surface area contributed by atoms with Crippen molar-refractivity contribution >= 4 is 17.6 Å². The number of nitrogens with one attached hydrogen (secondary N) is 1. The van der Waals surface area contributed by atoms with Crippen LogP contribution in [0.3, 0.4) is 0 Å². The van der Waals surface area contributed by atoms with E-state index < -0.39 is 5.97 Å². The van der Waals surface area contributed by atoms with Crippen molar-refractivity contribution in [2.45, 2.75) is 6.92 Å². The molecule has 0 aliphatic rings. The highest BCUT2D eigenvalue weighted by Gasteiger charge is 2.11. The number of methoxy groups -OCH3 is 1. The molecule has 0 atom stereocenters.